The van der Waals surface area contributed by atoms with Gasteiger partial charge in [-0.05, 0) is 23.8 Å². The Bertz CT molecular complexity index is 793. The fourth-order valence-corrected chi connectivity index (χ4v) is 2.26. The van der Waals surface area contributed by atoms with Crippen LogP contribution in [0, 0.1) is 0 Å². The second-order valence-electron chi connectivity index (χ2n) is 4.72. The van der Waals surface area contributed by atoms with Gasteiger partial charge in [0.25, 0.3) is 0 Å². The van der Waals surface area contributed by atoms with Gasteiger partial charge >= 0.3 is 6.18 Å². The van der Waals surface area contributed by atoms with E-state index in [4.69, 9.17) is 0 Å². The van der Waals surface area contributed by atoms with E-state index in [1.165, 1.54) is 24.4 Å². The normalized spacial score (nSPS) is 12.0. The average Bonchev–Trinajstić information content (AvgIpc) is 2.79. The molecule has 0 saturated heterocycles. The second-order valence-corrected chi connectivity index (χ2v) is 4.72. The lowest BCUT2D eigenvalue weighted by Crippen LogP contribution is -2.09. The van der Waals surface area contributed by atoms with Crippen LogP contribution in [-0.4, -0.2) is 14.5 Å². The van der Waals surface area contributed by atoms with Crippen LogP contribution in [0.25, 0.3) is 5.65 Å². The summed E-state index contributed by atoms with van der Waals surface area (Å²) in [6.45, 7) is 0. The van der Waals surface area contributed by atoms with Crippen molar-refractivity contribution in [3.63, 3.8) is 0 Å². The number of fused-ring (bicyclic) bond motifs is 1. The Morgan fingerprint density at radius 1 is 1.05 bits per heavy atom. The van der Waals surface area contributed by atoms with E-state index in [0.29, 0.717) is 11.3 Å². The van der Waals surface area contributed by atoms with E-state index in [1.54, 1.807) is 22.7 Å². The van der Waals surface area contributed by atoms with E-state index < -0.39 is 11.7 Å². The summed E-state index contributed by atoms with van der Waals surface area (Å²) in [4.78, 5) is 4.26. The number of benzene rings is 1. The number of hydrogen-bond donors (Lipinski definition) is 1. The Labute approximate surface area is 118 Å². The molecule has 0 radical (unpaired) electrons. The average molecular weight is 292 g/mol. The molecular weight excluding hydrogens is 281 g/mol. The molecule has 3 aromatic rings. The van der Waals surface area contributed by atoms with Crippen LogP contribution in [0.15, 0.2) is 48.8 Å². The molecule has 0 fully saturated rings. The highest BCUT2D eigenvalue weighted by Crippen LogP contribution is 2.32. The number of pyridine rings is 1. The van der Waals surface area contributed by atoms with Gasteiger partial charge in [0, 0.05) is 12.6 Å². The highest BCUT2D eigenvalue weighted by atomic mass is 19.4. The molecule has 0 saturated carbocycles. The molecule has 0 aliphatic rings. The number of aromatic hydroxyl groups is 1. The van der Waals surface area contributed by atoms with Gasteiger partial charge in [-0.1, -0.05) is 18.2 Å². The van der Waals surface area contributed by atoms with Crippen molar-refractivity contribution in [2.24, 2.45) is 0 Å². The van der Waals surface area contributed by atoms with Crippen molar-refractivity contribution in [1.82, 2.24) is 9.38 Å². The summed E-state index contributed by atoms with van der Waals surface area (Å²) in [5.41, 5.74) is 0.618. The van der Waals surface area contributed by atoms with Gasteiger partial charge in [0.2, 0.25) is 0 Å². The first-order chi connectivity index (χ1) is 9.93. The zero-order valence-electron chi connectivity index (χ0n) is 10.8. The molecule has 0 bridgehead atoms. The fourth-order valence-electron chi connectivity index (χ4n) is 2.26. The van der Waals surface area contributed by atoms with Gasteiger partial charge in [-0.15, -0.1) is 0 Å². The highest BCUT2D eigenvalue weighted by molar-refractivity contribution is 5.44. The van der Waals surface area contributed by atoms with Crippen LogP contribution >= 0.6 is 0 Å². The SMILES string of the molecule is Oc1ccc2nc(Cc3ccccc3C(F)(F)F)cn2c1. The van der Waals surface area contributed by atoms with Crippen molar-refractivity contribution >= 4 is 5.65 Å². The van der Waals surface area contributed by atoms with Crippen LogP contribution in [0.2, 0.25) is 0 Å². The minimum Gasteiger partial charge on any atom is -0.506 e. The number of nitrogens with zero attached hydrogens (tertiary/aromatic N) is 2. The third kappa shape index (κ3) is 2.69. The molecule has 0 spiro atoms. The predicted octanol–water partition coefficient (Wildman–Crippen LogP) is 3.65. The van der Waals surface area contributed by atoms with E-state index in [1.807, 2.05) is 0 Å². The van der Waals surface area contributed by atoms with Gasteiger partial charge in [0.05, 0.1) is 17.5 Å². The minimum absolute atomic E-state index is 0.0714. The zero-order chi connectivity index (χ0) is 15.0. The van der Waals surface area contributed by atoms with Gasteiger partial charge in [-0.25, -0.2) is 4.98 Å². The van der Waals surface area contributed by atoms with Gasteiger partial charge in [-0.3, -0.25) is 0 Å². The lowest BCUT2D eigenvalue weighted by Gasteiger charge is -2.11. The van der Waals surface area contributed by atoms with E-state index in [-0.39, 0.29) is 17.7 Å². The monoisotopic (exact) mass is 292 g/mol. The maximum Gasteiger partial charge on any atom is 0.416 e. The van der Waals surface area contributed by atoms with Crippen molar-refractivity contribution < 1.29 is 18.3 Å². The van der Waals surface area contributed by atoms with Crippen molar-refractivity contribution in [2.75, 3.05) is 0 Å². The first-order valence-electron chi connectivity index (χ1n) is 6.25. The first-order valence-corrected chi connectivity index (χ1v) is 6.25. The van der Waals surface area contributed by atoms with Gasteiger partial charge in [0.15, 0.2) is 0 Å². The number of aromatic nitrogens is 2. The molecule has 0 atom stereocenters. The lowest BCUT2D eigenvalue weighted by molar-refractivity contribution is -0.138. The van der Waals surface area contributed by atoms with Crippen molar-refractivity contribution in [1.29, 1.82) is 0 Å². The summed E-state index contributed by atoms with van der Waals surface area (Å²) in [6.07, 6.45) is -1.23. The number of imidazole rings is 1. The smallest absolute Gasteiger partial charge is 0.416 e. The third-order valence-electron chi connectivity index (χ3n) is 3.18. The van der Waals surface area contributed by atoms with Crippen molar-refractivity contribution in [3.8, 4) is 5.75 Å². The number of hydrogen-bond acceptors (Lipinski definition) is 2. The maximum absolute atomic E-state index is 12.9. The Balaban J connectivity index is 1.99. The Hall–Kier alpha value is -2.50. The summed E-state index contributed by atoms with van der Waals surface area (Å²) in [5.74, 6) is 0.0714. The summed E-state index contributed by atoms with van der Waals surface area (Å²) >= 11 is 0. The van der Waals surface area contributed by atoms with Crippen LogP contribution < -0.4 is 0 Å². The summed E-state index contributed by atoms with van der Waals surface area (Å²) < 4.78 is 40.4. The summed E-state index contributed by atoms with van der Waals surface area (Å²) in [6, 6.07) is 8.55. The fraction of sp³-hybridized carbons (Fsp3) is 0.133. The molecule has 3 rings (SSSR count). The van der Waals surface area contributed by atoms with Crippen molar-refractivity contribution in [3.05, 3.63) is 65.6 Å². The molecule has 3 nitrogen and oxygen atoms in total. The molecule has 21 heavy (non-hydrogen) atoms. The Kier molecular flexibility index (Phi) is 3.08. The quantitative estimate of drug-likeness (QED) is 0.783. The lowest BCUT2D eigenvalue weighted by atomic mass is 10.0. The predicted molar refractivity (Wildman–Crippen MR) is 71.1 cm³/mol. The van der Waals surface area contributed by atoms with Crippen LogP contribution in [0.4, 0.5) is 13.2 Å². The molecule has 1 N–H and O–H groups in total. The van der Waals surface area contributed by atoms with E-state index in [9.17, 15) is 18.3 Å². The van der Waals surface area contributed by atoms with E-state index in [0.717, 1.165) is 6.07 Å². The van der Waals surface area contributed by atoms with Crippen molar-refractivity contribution in [2.45, 2.75) is 12.6 Å². The Morgan fingerprint density at radius 2 is 1.81 bits per heavy atom. The molecule has 2 heterocycles. The molecule has 0 aliphatic carbocycles. The van der Waals surface area contributed by atoms with E-state index >= 15 is 0 Å². The number of halogens is 3. The molecule has 0 amide bonds. The Morgan fingerprint density at radius 3 is 2.57 bits per heavy atom. The highest BCUT2D eigenvalue weighted by Gasteiger charge is 2.32. The summed E-state index contributed by atoms with van der Waals surface area (Å²) in [5, 5.41) is 9.38. The minimum atomic E-state index is -4.38. The van der Waals surface area contributed by atoms with Gasteiger partial charge in [-0.2, -0.15) is 13.2 Å². The topological polar surface area (TPSA) is 37.5 Å². The van der Waals surface area contributed by atoms with Gasteiger partial charge in [0.1, 0.15) is 11.4 Å². The second kappa shape index (κ2) is 4.80. The van der Waals surface area contributed by atoms with Crippen LogP contribution in [-0.2, 0) is 12.6 Å². The molecular formula is C15H11F3N2O. The molecule has 2 aromatic heterocycles. The molecule has 6 heteroatoms. The number of rotatable bonds is 2. The summed E-state index contributed by atoms with van der Waals surface area (Å²) in [7, 11) is 0. The molecule has 0 unspecified atom stereocenters. The molecule has 1 aromatic carbocycles. The largest absolute Gasteiger partial charge is 0.506 e. The first kappa shape index (κ1) is 13.5. The standard InChI is InChI=1S/C15H11F3N2O/c16-15(17,18)13-4-2-1-3-10(13)7-11-8-20-9-12(21)5-6-14(20)19-11/h1-6,8-9,21H,7H2. The molecule has 108 valence electrons. The zero-order valence-corrected chi connectivity index (χ0v) is 10.8. The van der Waals surface area contributed by atoms with E-state index in [2.05, 4.69) is 4.98 Å². The third-order valence-corrected chi connectivity index (χ3v) is 3.18. The van der Waals surface area contributed by atoms with Crippen LogP contribution in [0.5, 0.6) is 5.75 Å². The molecule has 0 aliphatic heterocycles. The van der Waals surface area contributed by atoms with Crippen LogP contribution in [0.3, 0.4) is 0 Å². The van der Waals surface area contributed by atoms with Gasteiger partial charge < -0.3 is 9.51 Å². The number of alkyl halides is 3. The maximum atomic E-state index is 12.9. The van der Waals surface area contributed by atoms with Crippen LogP contribution in [0.1, 0.15) is 16.8 Å².